The number of carbonyl (C=O) groups is 2. The van der Waals surface area contributed by atoms with E-state index in [4.69, 9.17) is 4.42 Å². The van der Waals surface area contributed by atoms with E-state index in [1.54, 1.807) is 12.3 Å². The molecule has 26 heavy (non-hydrogen) atoms. The highest BCUT2D eigenvalue weighted by Crippen LogP contribution is 2.40. The van der Waals surface area contributed by atoms with E-state index in [2.05, 4.69) is 0 Å². The normalized spacial score (nSPS) is 14.6. The highest BCUT2D eigenvalue weighted by atomic mass is 32.2. The summed E-state index contributed by atoms with van der Waals surface area (Å²) >= 11 is 2.67. The van der Waals surface area contributed by atoms with Gasteiger partial charge in [-0.15, -0.1) is 23.1 Å². The Kier molecular flexibility index (Phi) is 4.48. The Hall–Kier alpha value is -2.64. The minimum Gasteiger partial charge on any atom is -0.468 e. The number of anilines is 1. The predicted octanol–water partition coefficient (Wildman–Crippen LogP) is 4.70. The van der Waals surface area contributed by atoms with Crippen molar-refractivity contribution < 1.29 is 18.4 Å². The topological polar surface area (TPSA) is 50.5 Å². The third-order valence-electron chi connectivity index (χ3n) is 3.83. The highest BCUT2D eigenvalue weighted by molar-refractivity contribution is 8.03. The maximum atomic E-state index is 13.2. The second kappa shape index (κ2) is 6.93. The maximum Gasteiger partial charge on any atom is 0.272 e. The molecule has 1 aliphatic rings. The fraction of sp³-hybridized carbons (Fsp3) is 0.0526. The van der Waals surface area contributed by atoms with Crippen LogP contribution in [0, 0.1) is 5.82 Å². The van der Waals surface area contributed by atoms with Crippen molar-refractivity contribution in [1.82, 2.24) is 0 Å². The monoisotopic (exact) mass is 385 g/mol. The van der Waals surface area contributed by atoms with Gasteiger partial charge in [-0.2, -0.15) is 0 Å². The lowest BCUT2D eigenvalue weighted by atomic mass is 10.2. The molecule has 0 bridgehead atoms. The third kappa shape index (κ3) is 3.00. The van der Waals surface area contributed by atoms with Crippen LogP contribution < -0.4 is 4.90 Å². The van der Waals surface area contributed by atoms with Gasteiger partial charge in [0.15, 0.2) is 0 Å². The molecular weight excluding hydrogens is 373 g/mol. The Morgan fingerprint density at radius 3 is 2.50 bits per heavy atom. The van der Waals surface area contributed by atoms with Gasteiger partial charge in [-0.3, -0.25) is 9.59 Å². The van der Waals surface area contributed by atoms with Crippen LogP contribution in [0.1, 0.15) is 10.6 Å². The van der Waals surface area contributed by atoms with Crippen LogP contribution in [0.3, 0.4) is 0 Å². The predicted molar refractivity (Wildman–Crippen MR) is 100 cm³/mol. The van der Waals surface area contributed by atoms with Crippen molar-refractivity contribution in [2.75, 3.05) is 4.90 Å². The minimum absolute atomic E-state index is 0.351. The molecule has 0 N–H and O–H groups in total. The lowest BCUT2D eigenvalue weighted by molar-refractivity contribution is -0.119. The Bertz CT molecular complexity index is 976. The molecule has 4 nitrogen and oxygen atoms in total. The summed E-state index contributed by atoms with van der Waals surface area (Å²) in [5, 5.41) is 1.86. The summed E-state index contributed by atoms with van der Waals surface area (Å²) in [5.41, 5.74) is 0.731. The average Bonchev–Trinajstić information content (AvgIpc) is 3.36. The molecule has 1 aliphatic heterocycles. The van der Waals surface area contributed by atoms with Crippen LogP contribution in [0.2, 0.25) is 0 Å². The van der Waals surface area contributed by atoms with Gasteiger partial charge in [0.05, 0.1) is 28.2 Å². The highest BCUT2D eigenvalue weighted by Gasteiger charge is 2.40. The van der Waals surface area contributed by atoms with Crippen LogP contribution >= 0.6 is 23.1 Å². The van der Waals surface area contributed by atoms with Crippen molar-refractivity contribution in [2.24, 2.45) is 0 Å². The summed E-state index contributed by atoms with van der Waals surface area (Å²) in [6.07, 6.45) is 1.57. The number of imide groups is 1. The van der Waals surface area contributed by atoms with Crippen molar-refractivity contribution in [3.8, 4) is 0 Å². The van der Waals surface area contributed by atoms with Gasteiger partial charge in [-0.1, -0.05) is 6.07 Å². The Morgan fingerprint density at radius 1 is 1.04 bits per heavy atom. The van der Waals surface area contributed by atoms with Gasteiger partial charge >= 0.3 is 0 Å². The zero-order chi connectivity index (χ0) is 18.1. The number of thioether (sulfide) groups is 1. The van der Waals surface area contributed by atoms with E-state index in [1.807, 2.05) is 23.6 Å². The molecule has 0 atom stereocenters. The molecule has 7 heteroatoms. The fourth-order valence-electron chi connectivity index (χ4n) is 2.64. The summed E-state index contributed by atoms with van der Waals surface area (Å²) < 4.78 is 18.5. The number of hydrogen-bond acceptors (Lipinski definition) is 5. The van der Waals surface area contributed by atoms with Crippen LogP contribution in [-0.4, -0.2) is 11.8 Å². The summed E-state index contributed by atoms with van der Waals surface area (Å²) in [6.45, 7) is 0. The van der Waals surface area contributed by atoms with Gasteiger partial charge in [-0.05, 0) is 47.8 Å². The molecule has 0 unspecified atom stereocenters. The van der Waals surface area contributed by atoms with Gasteiger partial charge in [0.1, 0.15) is 11.6 Å². The molecule has 130 valence electrons. The van der Waals surface area contributed by atoms with Crippen LogP contribution in [0.5, 0.6) is 0 Å². The largest absolute Gasteiger partial charge is 0.468 e. The van der Waals surface area contributed by atoms with Crippen molar-refractivity contribution in [2.45, 2.75) is 5.75 Å². The minimum atomic E-state index is -0.424. The number of hydrogen-bond donors (Lipinski definition) is 0. The first kappa shape index (κ1) is 16.8. The molecule has 0 spiro atoms. The van der Waals surface area contributed by atoms with Gasteiger partial charge in [-0.25, -0.2) is 9.29 Å². The number of furan rings is 1. The number of benzene rings is 1. The summed E-state index contributed by atoms with van der Waals surface area (Å²) in [6, 6.07) is 12.6. The van der Waals surface area contributed by atoms with Crippen LogP contribution in [-0.2, 0) is 15.3 Å². The number of amides is 2. The van der Waals surface area contributed by atoms with E-state index >= 15 is 0 Å². The third-order valence-corrected chi connectivity index (χ3v) is 5.82. The molecule has 2 amide bonds. The quantitative estimate of drug-likeness (QED) is 0.598. The molecule has 0 saturated carbocycles. The first-order valence-corrected chi connectivity index (χ1v) is 9.59. The van der Waals surface area contributed by atoms with Gasteiger partial charge in [0.2, 0.25) is 0 Å². The first-order chi connectivity index (χ1) is 12.6. The fourth-order valence-corrected chi connectivity index (χ4v) is 4.48. The second-order valence-electron chi connectivity index (χ2n) is 5.47. The van der Waals surface area contributed by atoms with Crippen molar-refractivity contribution in [1.29, 1.82) is 0 Å². The van der Waals surface area contributed by atoms with Crippen molar-refractivity contribution >= 4 is 46.2 Å². The lowest BCUT2D eigenvalue weighted by Gasteiger charge is -2.14. The number of nitrogens with zero attached hydrogens (tertiary/aromatic N) is 1. The standard InChI is InChI=1S/C19H12FNO3S2/c20-12-5-7-13(8-6-12)21-18(22)16(15-4-2-10-25-15)17(19(21)23)26-11-14-3-1-9-24-14/h1-10H,11H2. The summed E-state index contributed by atoms with van der Waals surface area (Å²) in [5.74, 6) is -0.0687. The molecular formula is C19H12FNO3S2. The Balaban J connectivity index is 1.71. The first-order valence-electron chi connectivity index (χ1n) is 7.73. The molecule has 4 rings (SSSR count). The summed E-state index contributed by atoms with van der Waals surface area (Å²) in [7, 11) is 0. The van der Waals surface area contributed by atoms with Gasteiger partial charge in [0, 0.05) is 4.88 Å². The lowest BCUT2D eigenvalue weighted by Crippen LogP contribution is -2.31. The zero-order valence-electron chi connectivity index (χ0n) is 13.3. The van der Waals surface area contributed by atoms with Crippen molar-refractivity contribution in [3.63, 3.8) is 0 Å². The molecule has 3 aromatic rings. The smallest absolute Gasteiger partial charge is 0.272 e. The number of rotatable bonds is 5. The number of halogens is 1. The molecule has 0 aliphatic carbocycles. The van der Waals surface area contributed by atoms with E-state index in [1.165, 1.54) is 47.4 Å². The van der Waals surface area contributed by atoms with E-state index < -0.39 is 17.6 Å². The maximum absolute atomic E-state index is 13.2. The zero-order valence-corrected chi connectivity index (χ0v) is 15.0. The van der Waals surface area contributed by atoms with Crippen LogP contribution in [0.15, 0.2) is 69.5 Å². The van der Waals surface area contributed by atoms with Gasteiger partial charge < -0.3 is 4.42 Å². The molecule has 0 radical (unpaired) electrons. The molecule has 0 saturated heterocycles. The molecule has 3 heterocycles. The van der Waals surface area contributed by atoms with Gasteiger partial charge in [0.25, 0.3) is 11.8 Å². The number of carbonyl (C=O) groups excluding carboxylic acids is 2. The van der Waals surface area contributed by atoms with E-state index in [0.717, 1.165) is 9.78 Å². The molecule has 0 fully saturated rings. The second-order valence-corrected chi connectivity index (χ2v) is 7.40. The molecule has 2 aromatic heterocycles. The Labute approximate surface area is 156 Å². The average molecular weight is 385 g/mol. The van der Waals surface area contributed by atoms with Crippen molar-refractivity contribution in [3.05, 3.63) is 81.5 Å². The van der Waals surface area contributed by atoms with E-state index in [-0.39, 0.29) is 0 Å². The van der Waals surface area contributed by atoms with E-state index in [9.17, 15) is 14.0 Å². The SMILES string of the molecule is O=C1C(SCc2ccco2)=C(c2cccs2)C(=O)N1c1ccc(F)cc1. The molecule has 1 aromatic carbocycles. The Morgan fingerprint density at radius 2 is 1.85 bits per heavy atom. The van der Waals surface area contributed by atoms with E-state index in [0.29, 0.717) is 27.7 Å². The van der Waals surface area contributed by atoms with Crippen LogP contribution in [0.25, 0.3) is 5.57 Å². The van der Waals surface area contributed by atoms with Crippen LogP contribution in [0.4, 0.5) is 10.1 Å². The summed E-state index contributed by atoms with van der Waals surface area (Å²) in [4.78, 5) is 28.2. The number of thiophene rings is 1.